The van der Waals surface area contributed by atoms with E-state index >= 15 is 0 Å². The molecule has 0 fully saturated rings. The Kier molecular flexibility index (Phi) is 4.36. The van der Waals surface area contributed by atoms with Crippen molar-refractivity contribution in [3.63, 3.8) is 0 Å². The number of carbonyl (C=O) groups is 1. The predicted molar refractivity (Wildman–Crippen MR) is 61.0 cm³/mol. The third-order valence-corrected chi connectivity index (χ3v) is 2.20. The van der Waals surface area contributed by atoms with Crippen LogP contribution >= 0.6 is 0 Å². The average molecular weight is 259 g/mol. The van der Waals surface area contributed by atoms with E-state index in [0.717, 1.165) is 7.11 Å². The second-order valence-corrected chi connectivity index (χ2v) is 3.48. The van der Waals surface area contributed by atoms with Crippen LogP contribution in [0.2, 0.25) is 0 Å². The molecule has 3 nitrogen and oxygen atoms in total. The van der Waals surface area contributed by atoms with Crippen LogP contribution in [-0.4, -0.2) is 26.3 Å². The fraction of sp³-hybridized carbons (Fsp3) is 0.250. The van der Waals surface area contributed by atoms with Gasteiger partial charge in [-0.1, -0.05) is 18.2 Å². The molecule has 0 saturated carbocycles. The minimum absolute atomic E-state index is 0.531. The first-order valence-electron chi connectivity index (χ1n) is 5.01. The van der Waals surface area contributed by atoms with E-state index in [1.54, 1.807) is 30.3 Å². The van der Waals surface area contributed by atoms with Crippen LogP contribution < -0.4 is 4.90 Å². The minimum Gasteiger partial charge on any atom is -0.465 e. The van der Waals surface area contributed by atoms with E-state index in [4.69, 9.17) is 0 Å². The minimum atomic E-state index is -4.75. The van der Waals surface area contributed by atoms with Gasteiger partial charge >= 0.3 is 12.1 Å². The van der Waals surface area contributed by atoms with Gasteiger partial charge in [-0.15, -0.1) is 0 Å². The van der Waals surface area contributed by atoms with E-state index < -0.39 is 17.7 Å². The van der Waals surface area contributed by atoms with Gasteiger partial charge in [0.2, 0.25) is 0 Å². The number of anilines is 1. The zero-order valence-electron chi connectivity index (χ0n) is 9.86. The summed E-state index contributed by atoms with van der Waals surface area (Å²) in [7, 11) is 2.33. The molecule has 1 aromatic carbocycles. The first-order valence-corrected chi connectivity index (χ1v) is 5.01. The van der Waals surface area contributed by atoms with E-state index in [-0.39, 0.29) is 0 Å². The van der Waals surface area contributed by atoms with Crippen LogP contribution in [0.4, 0.5) is 18.9 Å². The van der Waals surface area contributed by atoms with Crippen molar-refractivity contribution in [1.82, 2.24) is 0 Å². The van der Waals surface area contributed by atoms with Crippen molar-refractivity contribution >= 4 is 11.7 Å². The van der Waals surface area contributed by atoms with Gasteiger partial charge in [-0.25, -0.2) is 4.79 Å². The molecule has 0 aliphatic carbocycles. The highest BCUT2D eigenvalue weighted by Gasteiger charge is 2.40. The number of halogens is 3. The van der Waals surface area contributed by atoms with E-state index in [1.165, 1.54) is 11.9 Å². The van der Waals surface area contributed by atoms with Gasteiger partial charge in [-0.3, -0.25) is 0 Å². The van der Waals surface area contributed by atoms with Gasteiger partial charge in [0.1, 0.15) is 0 Å². The molecule has 0 spiro atoms. The summed E-state index contributed by atoms with van der Waals surface area (Å²) in [6.07, 6.45) is -4.04. The Hall–Kier alpha value is -1.98. The monoisotopic (exact) mass is 259 g/mol. The standard InChI is InChI=1S/C12H12F3NO2/c1-16(9-6-4-3-5-7-9)8-10(11(17)18-2)12(13,14)15/h3-8H,1-2H3/b10-8-. The molecule has 0 aliphatic heterocycles. The Bertz CT molecular complexity index is 440. The molecule has 0 saturated heterocycles. The van der Waals surface area contributed by atoms with Crippen molar-refractivity contribution < 1.29 is 22.7 Å². The quantitative estimate of drug-likeness (QED) is 0.617. The van der Waals surface area contributed by atoms with Crippen LogP contribution in [0, 0.1) is 0 Å². The van der Waals surface area contributed by atoms with Crippen LogP contribution in [0.15, 0.2) is 42.1 Å². The van der Waals surface area contributed by atoms with Gasteiger partial charge in [0.05, 0.1) is 7.11 Å². The Morgan fingerprint density at radius 2 is 1.83 bits per heavy atom. The van der Waals surface area contributed by atoms with Crippen molar-refractivity contribution in [2.24, 2.45) is 0 Å². The third kappa shape index (κ3) is 3.51. The number of ether oxygens (including phenoxy) is 1. The molecule has 98 valence electrons. The Balaban J connectivity index is 3.06. The maximum absolute atomic E-state index is 12.6. The zero-order chi connectivity index (χ0) is 13.8. The molecule has 0 radical (unpaired) electrons. The molecule has 0 N–H and O–H groups in total. The Morgan fingerprint density at radius 3 is 2.28 bits per heavy atom. The molecule has 0 aromatic heterocycles. The van der Waals surface area contributed by atoms with E-state index in [1.807, 2.05) is 0 Å². The molecule has 0 heterocycles. The molecule has 0 bridgehead atoms. The highest BCUT2D eigenvalue weighted by Crippen LogP contribution is 2.27. The number of esters is 1. The second-order valence-electron chi connectivity index (χ2n) is 3.48. The summed E-state index contributed by atoms with van der Waals surface area (Å²) in [5.41, 5.74) is -0.820. The summed E-state index contributed by atoms with van der Waals surface area (Å²) in [5, 5.41) is 0. The topological polar surface area (TPSA) is 29.5 Å². The second kappa shape index (κ2) is 5.57. The number of alkyl halides is 3. The molecule has 0 atom stereocenters. The molecule has 0 unspecified atom stereocenters. The van der Waals surface area contributed by atoms with Gasteiger partial charge in [0, 0.05) is 18.9 Å². The summed E-state index contributed by atoms with van der Waals surface area (Å²) in [6.45, 7) is 0. The average Bonchev–Trinajstić information content (AvgIpc) is 2.34. The summed E-state index contributed by atoms with van der Waals surface area (Å²) in [4.78, 5) is 12.3. The van der Waals surface area contributed by atoms with E-state index in [9.17, 15) is 18.0 Å². The summed E-state index contributed by atoms with van der Waals surface area (Å²) in [6, 6.07) is 8.37. The number of methoxy groups -OCH3 is 1. The molecule has 18 heavy (non-hydrogen) atoms. The van der Waals surface area contributed by atoms with Crippen LogP contribution in [-0.2, 0) is 9.53 Å². The first kappa shape index (κ1) is 14.1. The lowest BCUT2D eigenvalue weighted by Crippen LogP contribution is -2.24. The summed E-state index contributed by atoms with van der Waals surface area (Å²) < 4.78 is 42.0. The van der Waals surface area contributed by atoms with Crippen LogP contribution in [0.3, 0.4) is 0 Å². The van der Waals surface area contributed by atoms with Gasteiger partial charge in [-0.2, -0.15) is 13.2 Å². The number of nitrogens with zero attached hydrogens (tertiary/aromatic N) is 1. The van der Waals surface area contributed by atoms with Gasteiger partial charge in [0.15, 0.2) is 5.57 Å². The fourth-order valence-electron chi connectivity index (χ4n) is 1.28. The molecule has 6 heteroatoms. The molecular weight excluding hydrogens is 247 g/mol. The molecular formula is C12H12F3NO2. The lowest BCUT2D eigenvalue weighted by Gasteiger charge is -2.17. The van der Waals surface area contributed by atoms with Crippen LogP contribution in [0.1, 0.15) is 0 Å². The Morgan fingerprint density at radius 1 is 1.28 bits per heavy atom. The number of hydrogen-bond acceptors (Lipinski definition) is 3. The van der Waals surface area contributed by atoms with Gasteiger partial charge < -0.3 is 9.64 Å². The fourth-order valence-corrected chi connectivity index (χ4v) is 1.28. The van der Waals surface area contributed by atoms with Crippen molar-refractivity contribution in [3.8, 4) is 0 Å². The largest absolute Gasteiger partial charge is 0.465 e. The van der Waals surface area contributed by atoms with Crippen LogP contribution in [0.5, 0.6) is 0 Å². The van der Waals surface area contributed by atoms with Crippen molar-refractivity contribution in [1.29, 1.82) is 0 Å². The van der Waals surface area contributed by atoms with Crippen molar-refractivity contribution in [3.05, 3.63) is 42.1 Å². The first-order chi connectivity index (χ1) is 8.36. The number of hydrogen-bond donors (Lipinski definition) is 0. The van der Waals surface area contributed by atoms with Crippen molar-refractivity contribution in [2.45, 2.75) is 6.18 Å². The van der Waals surface area contributed by atoms with E-state index in [2.05, 4.69) is 4.74 Å². The smallest absolute Gasteiger partial charge is 0.424 e. The number of benzene rings is 1. The molecule has 0 aliphatic rings. The van der Waals surface area contributed by atoms with Crippen molar-refractivity contribution in [2.75, 3.05) is 19.1 Å². The molecule has 0 amide bonds. The SMILES string of the molecule is COC(=O)/C(=C/N(C)c1ccccc1)C(F)(F)F. The van der Waals surface area contributed by atoms with Crippen LogP contribution in [0.25, 0.3) is 0 Å². The van der Waals surface area contributed by atoms with Gasteiger partial charge in [0.25, 0.3) is 0 Å². The lowest BCUT2D eigenvalue weighted by atomic mass is 10.2. The maximum Gasteiger partial charge on any atom is 0.424 e. The highest BCUT2D eigenvalue weighted by molar-refractivity contribution is 5.90. The molecule has 1 aromatic rings. The van der Waals surface area contributed by atoms with Gasteiger partial charge in [-0.05, 0) is 12.1 Å². The summed E-state index contributed by atoms with van der Waals surface area (Å²) >= 11 is 0. The number of carbonyl (C=O) groups excluding carboxylic acids is 1. The normalized spacial score (nSPS) is 12.2. The zero-order valence-corrected chi connectivity index (χ0v) is 9.86. The molecule has 1 rings (SSSR count). The Labute approximate surface area is 102 Å². The third-order valence-electron chi connectivity index (χ3n) is 2.20. The maximum atomic E-state index is 12.6. The number of para-hydroxylation sites is 1. The highest BCUT2D eigenvalue weighted by atomic mass is 19.4. The van der Waals surface area contributed by atoms with E-state index in [0.29, 0.717) is 11.9 Å². The summed E-state index contributed by atoms with van der Waals surface area (Å²) in [5.74, 6) is -1.41. The number of rotatable bonds is 3. The predicted octanol–water partition coefficient (Wildman–Crippen LogP) is 2.74. The lowest BCUT2D eigenvalue weighted by molar-refractivity contribution is -0.148.